The second-order valence-electron chi connectivity index (χ2n) is 4.46. The van der Waals surface area contributed by atoms with Crippen molar-refractivity contribution in [2.24, 2.45) is 0 Å². The third kappa shape index (κ3) is 2.22. The topological polar surface area (TPSA) is 115 Å². The molecule has 1 aliphatic rings. The van der Waals surface area contributed by atoms with Gasteiger partial charge in [-0.15, -0.1) is 10.2 Å². The highest BCUT2D eigenvalue weighted by Gasteiger charge is 2.34. The summed E-state index contributed by atoms with van der Waals surface area (Å²) in [4.78, 5) is 15.9. The van der Waals surface area contributed by atoms with Crippen LogP contribution in [0.2, 0.25) is 0 Å². The van der Waals surface area contributed by atoms with Crippen molar-refractivity contribution >= 4 is 0 Å². The molecule has 0 aliphatic carbocycles. The predicted octanol–water partition coefficient (Wildman–Crippen LogP) is -1.54. The number of aliphatic hydroxyl groups is 2. The van der Waals surface area contributed by atoms with E-state index in [1.807, 2.05) is 0 Å². The number of ether oxygens (including phenoxy) is 1. The Labute approximate surface area is 113 Å². The van der Waals surface area contributed by atoms with E-state index in [1.54, 1.807) is 6.07 Å². The van der Waals surface area contributed by atoms with Crippen molar-refractivity contribution in [3.8, 4) is 5.82 Å². The first-order valence-corrected chi connectivity index (χ1v) is 6.07. The van der Waals surface area contributed by atoms with Gasteiger partial charge < -0.3 is 14.9 Å². The Balaban J connectivity index is 1.87. The molecule has 2 aromatic heterocycles. The van der Waals surface area contributed by atoms with E-state index in [1.165, 1.54) is 28.0 Å². The summed E-state index contributed by atoms with van der Waals surface area (Å²) in [5.74, 6) is 0.397. The fourth-order valence-corrected chi connectivity index (χ4v) is 2.14. The molecular formula is C11H13N5O4. The van der Waals surface area contributed by atoms with Crippen molar-refractivity contribution in [3.63, 3.8) is 0 Å². The van der Waals surface area contributed by atoms with E-state index in [-0.39, 0.29) is 13.0 Å². The summed E-state index contributed by atoms with van der Waals surface area (Å²) in [5, 5.41) is 26.0. The Kier molecular flexibility index (Phi) is 3.30. The SMILES string of the molecule is O=c1nc(-n2cnnc2)ccn1[C@H]1C[C@H](O)[C@@H](CO)O1. The molecule has 0 radical (unpaired) electrons. The Bertz CT molecular complexity index is 641. The van der Waals surface area contributed by atoms with E-state index >= 15 is 0 Å². The summed E-state index contributed by atoms with van der Waals surface area (Å²) < 4.78 is 8.20. The van der Waals surface area contributed by atoms with Crippen LogP contribution in [0.5, 0.6) is 0 Å². The van der Waals surface area contributed by atoms with Gasteiger partial charge in [-0.05, 0) is 6.07 Å². The van der Waals surface area contributed by atoms with Gasteiger partial charge in [0.1, 0.15) is 30.8 Å². The molecule has 1 fully saturated rings. The fourth-order valence-electron chi connectivity index (χ4n) is 2.14. The quantitative estimate of drug-likeness (QED) is 0.700. The number of hydrogen-bond donors (Lipinski definition) is 2. The minimum absolute atomic E-state index is 0.235. The molecule has 3 atom stereocenters. The van der Waals surface area contributed by atoms with Gasteiger partial charge in [-0.2, -0.15) is 4.98 Å². The van der Waals surface area contributed by atoms with Gasteiger partial charge in [0.2, 0.25) is 0 Å². The maximum Gasteiger partial charge on any atom is 0.351 e. The molecule has 0 aromatic carbocycles. The Morgan fingerprint density at radius 1 is 1.40 bits per heavy atom. The second-order valence-corrected chi connectivity index (χ2v) is 4.46. The Morgan fingerprint density at radius 2 is 2.15 bits per heavy atom. The second kappa shape index (κ2) is 5.12. The molecule has 3 rings (SSSR count). The molecule has 9 nitrogen and oxygen atoms in total. The van der Waals surface area contributed by atoms with Gasteiger partial charge in [-0.25, -0.2) is 4.79 Å². The van der Waals surface area contributed by atoms with Crippen LogP contribution < -0.4 is 5.69 Å². The molecule has 2 aromatic rings. The maximum absolute atomic E-state index is 12.0. The smallest absolute Gasteiger partial charge is 0.351 e. The number of rotatable bonds is 3. The van der Waals surface area contributed by atoms with Crippen molar-refractivity contribution in [2.75, 3.05) is 6.61 Å². The zero-order valence-corrected chi connectivity index (χ0v) is 10.4. The molecule has 1 saturated heterocycles. The lowest BCUT2D eigenvalue weighted by molar-refractivity contribution is -0.0458. The first-order chi connectivity index (χ1) is 9.69. The average Bonchev–Trinajstić information content (AvgIpc) is 3.07. The van der Waals surface area contributed by atoms with Crippen molar-refractivity contribution in [1.29, 1.82) is 0 Å². The summed E-state index contributed by atoms with van der Waals surface area (Å²) in [5.41, 5.74) is -0.507. The Hall–Kier alpha value is -2.10. The van der Waals surface area contributed by atoms with Gasteiger partial charge in [0, 0.05) is 12.6 Å². The first kappa shape index (κ1) is 12.9. The van der Waals surface area contributed by atoms with Crippen molar-refractivity contribution < 1.29 is 14.9 Å². The fraction of sp³-hybridized carbons (Fsp3) is 0.455. The van der Waals surface area contributed by atoms with Crippen LogP contribution in [0.4, 0.5) is 0 Å². The zero-order chi connectivity index (χ0) is 14.1. The number of hydrogen-bond acceptors (Lipinski definition) is 7. The molecule has 106 valence electrons. The molecule has 0 amide bonds. The van der Waals surface area contributed by atoms with E-state index in [2.05, 4.69) is 15.2 Å². The van der Waals surface area contributed by atoms with Gasteiger partial charge in [-0.1, -0.05) is 0 Å². The van der Waals surface area contributed by atoms with E-state index < -0.39 is 24.1 Å². The number of aromatic nitrogens is 5. The van der Waals surface area contributed by atoms with E-state index in [9.17, 15) is 9.90 Å². The van der Waals surface area contributed by atoms with Gasteiger partial charge in [0.15, 0.2) is 0 Å². The highest BCUT2D eigenvalue weighted by molar-refractivity contribution is 5.18. The molecular weight excluding hydrogens is 266 g/mol. The monoisotopic (exact) mass is 279 g/mol. The molecule has 0 bridgehead atoms. The minimum Gasteiger partial charge on any atom is -0.394 e. The molecule has 9 heteroatoms. The standard InChI is InChI=1S/C11H13N5O4/c17-4-8-7(18)3-10(20-8)16-2-1-9(14-11(16)19)15-5-12-13-6-15/h1-2,5-8,10,17-18H,3-4H2/t7-,8+,10+/m0/s1. The average molecular weight is 279 g/mol. The number of aliphatic hydroxyl groups excluding tert-OH is 2. The van der Waals surface area contributed by atoms with E-state index in [0.29, 0.717) is 5.82 Å². The summed E-state index contributed by atoms with van der Waals surface area (Å²) in [6, 6.07) is 1.62. The van der Waals surface area contributed by atoms with E-state index in [4.69, 9.17) is 9.84 Å². The van der Waals surface area contributed by atoms with Crippen LogP contribution in [0.1, 0.15) is 12.6 Å². The zero-order valence-electron chi connectivity index (χ0n) is 10.4. The number of nitrogens with zero attached hydrogens (tertiary/aromatic N) is 5. The van der Waals surface area contributed by atoms with Crippen LogP contribution in [0.25, 0.3) is 5.82 Å². The van der Waals surface area contributed by atoms with Gasteiger partial charge in [0.25, 0.3) is 0 Å². The van der Waals surface area contributed by atoms with Gasteiger partial charge >= 0.3 is 5.69 Å². The van der Waals surface area contributed by atoms with Gasteiger partial charge in [0.05, 0.1) is 12.7 Å². The molecule has 1 aliphatic heterocycles. The first-order valence-electron chi connectivity index (χ1n) is 6.07. The highest BCUT2D eigenvalue weighted by Crippen LogP contribution is 2.27. The van der Waals surface area contributed by atoms with Gasteiger partial charge in [-0.3, -0.25) is 9.13 Å². The highest BCUT2D eigenvalue weighted by atomic mass is 16.5. The summed E-state index contributed by atoms with van der Waals surface area (Å²) >= 11 is 0. The lowest BCUT2D eigenvalue weighted by atomic mass is 10.2. The van der Waals surface area contributed by atoms with Crippen LogP contribution in [0, 0.1) is 0 Å². The minimum atomic E-state index is -0.797. The van der Waals surface area contributed by atoms with Crippen LogP contribution in [0.15, 0.2) is 29.7 Å². The van der Waals surface area contributed by atoms with Crippen LogP contribution in [-0.4, -0.2) is 53.3 Å². The summed E-state index contributed by atoms with van der Waals surface area (Å²) in [6.45, 7) is -0.293. The molecule has 3 heterocycles. The molecule has 0 spiro atoms. The predicted molar refractivity (Wildman–Crippen MR) is 65.0 cm³/mol. The van der Waals surface area contributed by atoms with Crippen LogP contribution in [0.3, 0.4) is 0 Å². The summed E-state index contributed by atoms with van der Waals surface area (Å²) in [6.07, 6.45) is 2.53. The largest absolute Gasteiger partial charge is 0.394 e. The van der Waals surface area contributed by atoms with Crippen molar-refractivity contribution in [3.05, 3.63) is 35.4 Å². The van der Waals surface area contributed by atoms with Crippen molar-refractivity contribution in [2.45, 2.75) is 24.9 Å². The lowest BCUT2D eigenvalue weighted by Gasteiger charge is -2.14. The summed E-state index contributed by atoms with van der Waals surface area (Å²) in [7, 11) is 0. The third-order valence-corrected chi connectivity index (χ3v) is 3.19. The van der Waals surface area contributed by atoms with Crippen molar-refractivity contribution in [1.82, 2.24) is 24.3 Å². The van der Waals surface area contributed by atoms with E-state index in [0.717, 1.165) is 0 Å². The normalized spacial score (nSPS) is 26.0. The molecule has 0 unspecified atom stereocenters. The molecule has 2 N–H and O–H groups in total. The Morgan fingerprint density at radius 3 is 2.75 bits per heavy atom. The van der Waals surface area contributed by atoms with Crippen LogP contribution >= 0.6 is 0 Å². The van der Waals surface area contributed by atoms with Crippen LogP contribution in [-0.2, 0) is 4.74 Å². The lowest BCUT2D eigenvalue weighted by Crippen LogP contribution is -2.28. The third-order valence-electron chi connectivity index (χ3n) is 3.19. The molecule has 0 saturated carbocycles. The maximum atomic E-state index is 12.0. The molecule has 20 heavy (non-hydrogen) atoms.